The Hall–Kier alpha value is -3.06. The minimum atomic E-state index is 0. The fourth-order valence-corrected chi connectivity index (χ4v) is 9.70. The molecule has 0 fully saturated rings. The largest absolute Gasteiger partial charge is 0.496 e. The molecule has 0 radical (unpaired) electrons. The summed E-state index contributed by atoms with van der Waals surface area (Å²) in [7, 11) is 3.42. The summed E-state index contributed by atoms with van der Waals surface area (Å²) < 4.78 is 48.3. The lowest BCUT2D eigenvalue weighted by Gasteiger charge is -2.21. The lowest BCUT2D eigenvalue weighted by Crippen LogP contribution is -2.16. The molecular formula is C65H100Br4O8. The van der Waals surface area contributed by atoms with Crippen molar-refractivity contribution in [1.82, 2.24) is 0 Å². The van der Waals surface area contributed by atoms with Crippen LogP contribution in [0.5, 0.6) is 46.0 Å². The van der Waals surface area contributed by atoms with E-state index >= 15 is 0 Å². The van der Waals surface area contributed by atoms with Gasteiger partial charge in [-0.15, -0.1) is 0 Å². The van der Waals surface area contributed by atoms with E-state index in [0.717, 1.165) is 202 Å². The summed E-state index contributed by atoms with van der Waals surface area (Å²) >= 11 is 14.1. The van der Waals surface area contributed by atoms with Crippen molar-refractivity contribution in [2.45, 2.75) is 213 Å². The van der Waals surface area contributed by atoms with Crippen molar-refractivity contribution in [3.63, 3.8) is 0 Å². The molecule has 0 N–H and O–H groups in total. The van der Waals surface area contributed by atoms with E-state index in [1.807, 2.05) is 0 Å². The summed E-state index contributed by atoms with van der Waals surface area (Å²) in [5.41, 5.74) is 8.73. The molecule has 0 spiro atoms. The van der Waals surface area contributed by atoms with Crippen molar-refractivity contribution in [3.05, 3.63) is 93.0 Å². The van der Waals surface area contributed by atoms with Gasteiger partial charge in [0.1, 0.15) is 23.0 Å². The maximum absolute atomic E-state index is 6.43. The molecule has 0 bridgehead atoms. The molecule has 0 aliphatic heterocycles. The van der Waals surface area contributed by atoms with E-state index in [1.165, 1.54) is 25.7 Å². The van der Waals surface area contributed by atoms with Gasteiger partial charge in [0.15, 0.2) is 23.0 Å². The van der Waals surface area contributed by atoms with Gasteiger partial charge in [0.2, 0.25) is 0 Å². The van der Waals surface area contributed by atoms with Crippen LogP contribution in [0, 0.1) is 13.8 Å². The second-order valence-electron chi connectivity index (χ2n) is 19.1. The van der Waals surface area contributed by atoms with Crippen LogP contribution in [0.3, 0.4) is 0 Å². The number of methoxy groups -OCH3 is 2. The van der Waals surface area contributed by atoms with Crippen molar-refractivity contribution in [2.24, 2.45) is 0 Å². The quantitative estimate of drug-likeness (QED) is 0.0253. The molecule has 8 nitrogen and oxygen atoms in total. The molecule has 0 aliphatic carbocycles. The average molecular weight is 1330 g/mol. The van der Waals surface area contributed by atoms with Crippen LogP contribution in [-0.4, -0.2) is 52.9 Å². The van der Waals surface area contributed by atoms with Crippen LogP contribution in [0.2, 0.25) is 0 Å². The molecule has 4 aromatic rings. The Labute approximate surface area is 502 Å². The number of ether oxygens (including phenoxy) is 8. The predicted molar refractivity (Wildman–Crippen MR) is 345 cm³/mol. The van der Waals surface area contributed by atoms with Gasteiger partial charge >= 0.3 is 0 Å². The molecule has 0 heterocycles. The van der Waals surface area contributed by atoms with Gasteiger partial charge in [0.05, 0.1) is 52.9 Å². The highest BCUT2D eigenvalue weighted by molar-refractivity contribution is 9.09. The minimum Gasteiger partial charge on any atom is -0.496 e. The highest BCUT2D eigenvalue weighted by atomic mass is 79.9. The summed E-state index contributed by atoms with van der Waals surface area (Å²) in [5.74, 6) is 7.12. The molecular weight excluding hydrogens is 1230 g/mol. The Kier molecular flexibility index (Phi) is 40.8. The minimum absolute atomic E-state index is 0. The van der Waals surface area contributed by atoms with Crippen molar-refractivity contribution in [1.29, 1.82) is 0 Å². The van der Waals surface area contributed by atoms with E-state index < -0.39 is 0 Å². The number of unbranched alkanes of at least 4 members (excludes halogenated alkanes) is 6. The first-order chi connectivity index (χ1) is 37.0. The fraction of sp³-hybridized carbons (Fsp3) is 0.600. The van der Waals surface area contributed by atoms with Crippen LogP contribution in [0.1, 0.15) is 210 Å². The third kappa shape index (κ3) is 25.5. The Morgan fingerprint density at radius 1 is 0.403 bits per heavy atom. The van der Waals surface area contributed by atoms with Crippen LogP contribution in [0.25, 0.3) is 12.2 Å². The first-order valence-electron chi connectivity index (χ1n) is 28.4. The van der Waals surface area contributed by atoms with Gasteiger partial charge in [0, 0.05) is 54.7 Å². The zero-order valence-corrected chi connectivity index (χ0v) is 55.0. The summed E-state index contributed by atoms with van der Waals surface area (Å²) in [5, 5.41) is 3.09. The van der Waals surface area contributed by atoms with Crippen LogP contribution < -0.4 is 37.9 Å². The van der Waals surface area contributed by atoms with Crippen LogP contribution >= 0.6 is 63.7 Å². The molecule has 0 amide bonds. The van der Waals surface area contributed by atoms with Crippen LogP contribution in [-0.2, 0) is 21.3 Å². The number of rotatable bonds is 36. The maximum Gasteiger partial charge on any atom is 0.168 e. The van der Waals surface area contributed by atoms with Gasteiger partial charge in [-0.1, -0.05) is 214 Å². The van der Waals surface area contributed by atoms with Gasteiger partial charge in [-0.05, 0) is 101 Å². The third-order valence-corrected chi connectivity index (χ3v) is 15.3. The number of halogens is 4. The van der Waals surface area contributed by atoms with E-state index in [0.29, 0.717) is 19.3 Å². The maximum atomic E-state index is 6.43. The molecule has 2 atom stereocenters. The zero-order chi connectivity index (χ0) is 56.1. The van der Waals surface area contributed by atoms with E-state index in [1.54, 1.807) is 14.2 Å². The Morgan fingerprint density at radius 3 is 1.23 bits per heavy atom. The number of hydrogen-bond donors (Lipinski definition) is 0. The zero-order valence-electron chi connectivity index (χ0n) is 48.7. The van der Waals surface area contributed by atoms with E-state index in [4.69, 9.17) is 37.9 Å². The highest BCUT2D eigenvalue weighted by Crippen LogP contribution is 2.40. The molecule has 0 saturated heterocycles. The number of benzene rings is 4. The normalized spacial score (nSPS) is 11.6. The first-order valence-corrected chi connectivity index (χ1v) is 32.9. The number of aryl methyl sites for hydroxylation is 2. The van der Waals surface area contributed by atoms with E-state index in [9.17, 15) is 0 Å². The van der Waals surface area contributed by atoms with Gasteiger partial charge < -0.3 is 37.9 Å². The second-order valence-corrected chi connectivity index (χ2v) is 21.3. The van der Waals surface area contributed by atoms with E-state index in [2.05, 4.69) is 194 Å². The molecule has 12 heteroatoms. The topological polar surface area (TPSA) is 73.8 Å². The van der Waals surface area contributed by atoms with Crippen molar-refractivity contribution < 1.29 is 37.9 Å². The molecule has 0 aliphatic rings. The molecule has 4 aromatic carbocycles. The number of alkyl halides is 4. The Bertz CT molecular complexity index is 2180. The number of hydrogen-bond acceptors (Lipinski definition) is 8. The molecule has 0 aromatic heterocycles. The standard InChI is InChI=1S/C32H48O4.2C16H24Br2O2.CH4/c1-8-12-15-28(11-4)36-29-23-27(30(33-7)22-25(29)6)19-18-26-17-16-24(5)31(34-20-13-9-2)32(26)35-21-14-10-3;1-4-6-7-14(5-2)20-16-9-12(10-17)15(19-3)8-13(16)11-18;1-3-5-9-19-15-13(11-17)7-8-14(12-18)16(15)20-10-6-4-2;/h16-19,22-23,28H,8-15,20-21H2,1-7H3;8-9,14H,4-7,10-11H2,1-3H3;7-8H,3-6,9-12H2,1-2H3;1H4/b19-18+;;;. The predicted octanol–water partition coefficient (Wildman–Crippen LogP) is 21.5. The summed E-state index contributed by atoms with van der Waals surface area (Å²) in [4.78, 5) is 0. The lowest BCUT2D eigenvalue weighted by molar-refractivity contribution is 0.182. The molecule has 436 valence electrons. The fourth-order valence-electron chi connectivity index (χ4n) is 7.94. The molecule has 4 rings (SSSR count). The summed E-state index contributed by atoms with van der Waals surface area (Å²) in [6, 6.07) is 16.8. The summed E-state index contributed by atoms with van der Waals surface area (Å²) in [6.45, 7) is 24.5. The monoisotopic (exact) mass is 1320 g/mol. The van der Waals surface area contributed by atoms with Crippen molar-refractivity contribution in [2.75, 3.05) is 40.6 Å². The highest BCUT2D eigenvalue weighted by Gasteiger charge is 2.19. The molecule has 2 unspecified atom stereocenters. The Morgan fingerprint density at radius 2 is 0.805 bits per heavy atom. The molecule has 0 saturated carbocycles. The first kappa shape index (κ1) is 72.0. The van der Waals surface area contributed by atoms with Gasteiger partial charge in [-0.2, -0.15) is 0 Å². The SMILES string of the molecule is C.CCCCC(CC)Oc1cc(CBr)c(OC)cc1CBr.CCCCOc1c(C)ccc(/C=C/c2cc(OC(CC)CCCC)c(C)cc2OC)c1OCCCC.CCCCOc1c(CBr)ccc(CBr)c1OCCCC. The van der Waals surface area contributed by atoms with E-state index in [-0.39, 0.29) is 13.5 Å². The third-order valence-electron chi connectivity index (χ3n) is 12.9. The van der Waals surface area contributed by atoms with Gasteiger partial charge in [-0.25, -0.2) is 0 Å². The second kappa shape index (κ2) is 43.7. The smallest absolute Gasteiger partial charge is 0.168 e. The van der Waals surface area contributed by atoms with Gasteiger partial charge in [0.25, 0.3) is 0 Å². The van der Waals surface area contributed by atoms with Crippen LogP contribution in [0.4, 0.5) is 0 Å². The average Bonchev–Trinajstić information content (AvgIpc) is 3.44. The van der Waals surface area contributed by atoms with Crippen molar-refractivity contribution in [3.8, 4) is 46.0 Å². The van der Waals surface area contributed by atoms with Gasteiger partial charge in [-0.3, -0.25) is 0 Å². The van der Waals surface area contributed by atoms with Crippen molar-refractivity contribution >= 4 is 75.9 Å². The Balaban J connectivity index is 0.000000618. The lowest BCUT2D eigenvalue weighted by atomic mass is 10.0. The molecule has 77 heavy (non-hydrogen) atoms. The summed E-state index contributed by atoms with van der Waals surface area (Å²) in [6.07, 6.45) is 22.3. The van der Waals surface area contributed by atoms with Crippen LogP contribution in [0.15, 0.2) is 48.5 Å².